The van der Waals surface area contributed by atoms with Crippen LogP contribution in [0.3, 0.4) is 0 Å². The molecule has 0 fully saturated rings. The molecular formula is C24H23FN4. The highest BCUT2D eigenvalue weighted by molar-refractivity contribution is 5.77. The lowest BCUT2D eigenvalue weighted by Crippen LogP contribution is -2.02. The first kappa shape index (κ1) is 18.9. The third-order valence-corrected chi connectivity index (χ3v) is 5.00. The van der Waals surface area contributed by atoms with Gasteiger partial charge >= 0.3 is 0 Å². The predicted octanol–water partition coefficient (Wildman–Crippen LogP) is 5.82. The van der Waals surface area contributed by atoms with Crippen LogP contribution < -0.4 is 5.32 Å². The highest BCUT2D eigenvalue weighted by Crippen LogP contribution is 2.30. The van der Waals surface area contributed by atoms with Crippen LogP contribution in [0.2, 0.25) is 0 Å². The Hall–Kier alpha value is -3.47. The molecule has 2 aromatic carbocycles. The minimum atomic E-state index is -0.283. The number of pyridine rings is 1. The first-order chi connectivity index (χ1) is 14.0. The number of anilines is 1. The number of aromatic amines is 1. The molecule has 29 heavy (non-hydrogen) atoms. The maximum Gasteiger partial charge on any atom is 0.146 e. The minimum Gasteiger partial charge on any atom is -0.375 e. The van der Waals surface area contributed by atoms with Gasteiger partial charge in [-0.25, -0.2) is 9.37 Å². The van der Waals surface area contributed by atoms with Crippen molar-refractivity contribution in [1.82, 2.24) is 15.0 Å². The highest BCUT2D eigenvalue weighted by Gasteiger charge is 2.16. The van der Waals surface area contributed by atoms with Gasteiger partial charge in [-0.1, -0.05) is 30.3 Å². The predicted molar refractivity (Wildman–Crippen MR) is 115 cm³/mol. The average Bonchev–Trinajstić information content (AvgIpc) is 3.14. The number of hydrogen-bond donors (Lipinski definition) is 2. The Morgan fingerprint density at radius 3 is 2.48 bits per heavy atom. The quantitative estimate of drug-likeness (QED) is 0.455. The molecule has 4 rings (SSSR count). The van der Waals surface area contributed by atoms with Gasteiger partial charge in [0.1, 0.15) is 11.6 Å². The Morgan fingerprint density at radius 1 is 0.897 bits per heavy atom. The Bertz CT molecular complexity index is 1160. The van der Waals surface area contributed by atoms with Crippen LogP contribution in [0.25, 0.3) is 22.6 Å². The van der Waals surface area contributed by atoms with E-state index in [9.17, 15) is 4.39 Å². The minimum absolute atomic E-state index is 0.283. The molecule has 2 N–H and O–H groups in total. The number of para-hydroxylation sites is 1. The van der Waals surface area contributed by atoms with Crippen LogP contribution in [0.15, 0.2) is 60.7 Å². The first-order valence-corrected chi connectivity index (χ1v) is 9.60. The highest BCUT2D eigenvalue weighted by atomic mass is 19.1. The Morgan fingerprint density at radius 2 is 1.72 bits per heavy atom. The molecule has 0 saturated heterocycles. The molecule has 4 nitrogen and oxygen atoms in total. The van der Waals surface area contributed by atoms with E-state index in [0.29, 0.717) is 12.2 Å². The molecule has 2 heterocycles. The molecule has 146 valence electrons. The molecular weight excluding hydrogens is 363 g/mol. The fourth-order valence-corrected chi connectivity index (χ4v) is 3.25. The summed E-state index contributed by atoms with van der Waals surface area (Å²) in [4.78, 5) is 12.9. The van der Waals surface area contributed by atoms with Crippen molar-refractivity contribution in [3.8, 4) is 22.6 Å². The van der Waals surface area contributed by atoms with Crippen LogP contribution in [0.1, 0.15) is 22.6 Å². The number of H-pyrrole nitrogens is 1. The summed E-state index contributed by atoms with van der Waals surface area (Å²) in [5.41, 5.74) is 7.41. The van der Waals surface area contributed by atoms with Crippen molar-refractivity contribution in [3.63, 3.8) is 0 Å². The number of hydrogen-bond acceptors (Lipinski definition) is 3. The standard InChI is InChI=1S/C24H23FN4/c1-15-11-12-18(13-16(15)2)23-24(21-10-6-7-17(3)27-21)29-22(28-23)14-26-20-9-5-4-8-19(20)25/h4-13,26H,14H2,1-3H3,(H,28,29). The fourth-order valence-electron chi connectivity index (χ4n) is 3.25. The molecule has 0 bridgehead atoms. The molecule has 0 saturated carbocycles. The van der Waals surface area contributed by atoms with E-state index in [0.717, 1.165) is 34.2 Å². The van der Waals surface area contributed by atoms with Gasteiger partial charge in [-0.2, -0.15) is 0 Å². The van der Waals surface area contributed by atoms with E-state index in [4.69, 9.17) is 4.98 Å². The molecule has 0 unspecified atom stereocenters. The molecule has 0 aliphatic heterocycles. The molecule has 0 amide bonds. The Balaban J connectivity index is 1.74. The van der Waals surface area contributed by atoms with Gasteiger partial charge in [-0.3, -0.25) is 4.98 Å². The smallest absolute Gasteiger partial charge is 0.146 e. The maximum absolute atomic E-state index is 13.9. The first-order valence-electron chi connectivity index (χ1n) is 9.60. The van der Waals surface area contributed by atoms with Gasteiger partial charge in [0.05, 0.1) is 29.3 Å². The van der Waals surface area contributed by atoms with E-state index in [1.54, 1.807) is 18.2 Å². The third-order valence-electron chi connectivity index (χ3n) is 5.00. The van der Waals surface area contributed by atoms with Gasteiger partial charge in [0.2, 0.25) is 0 Å². The number of nitrogens with zero attached hydrogens (tertiary/aromatic N) is 2. The number of benzene rings is 2. The van der Waals surface area contributed by atoms with Crippen molar-refractivity contribution in [1.29, 1.82) is 0 Å². The fraction of sp³-hybridized carbons (Fsp3) is 0.167. The molecule has 0 aliphatic rings. The van der Waals surface area contributed by atoms with Gasteiger partial charge < -0.3 is 10.3 Å². The van der Waals surface area contributed by atoms with Crippen molar-refractivity contribution < 1.29 is 4.39 Å². The van der Waals surface area contributed by atoms with E-state index in [2.05, 4.69) is 47.3 Å². The second kappa shape index (κ2) is 7.87. The van der Waals surface area contributed by atoms with Crippen molar-refractivity contribution >= 4 is 5.69 Å². The van der Waals surface area contributed by atoms with E-state index < -0.39 is 0 Å². The van der Waals surface area contributed by atoms with Crippen LogP contribution in [-0.4, -0.2) is 15.0 Å². The number of rotatable bonds is 5. The summed E-state index contributed by atoms with van der Waals surface area (Å²) in [6.45, 7) is 6.54. The SMILES string of the molecule is Cc1cccc(-c2[nH]c(CNc3ccccc3F)nc2-c2ccc(C)c(C)c2)n1. The van der Waals surface area contributed by atoms with E-state index >= 15 is 0 Å². The summed E-state index contributed by atoms with van der Waals surface area (Å²) in [5, 5.41) is 3.12. The van der Waals surface area contributed by atoms with Crippen molar-refractivity contribution in [2.75, 3.05) is 5.32 Å². The molecule has 0 radical (unpaired) electrons. The van der Waals surface area contributed by atoms with Crippen LogP contribution in [0, 0.1) is 26.6 Å². The van der Waals surface area contributed by atoms with Gasteiger partial charge in [0.15, 0.2) is 0 Å². The number of aryl methyl sites for hydroxylation is 3. The summed E-state index contributed by atoms with van der Waals surface area (Å²) < 4.78 is 13.9. The summed E-state index contributed by atoms with van der Waals surface area (Å²) in [6.07, 6.45) is 0. The van der Waals surface area contributed by atoms with Crippen molar-refractivity contribution in [2.45, 2.75) is 27.3 Å². The third kappa shape index (κ3) is 4.04. The van der Waals surface area contributed by atoms with Crippen LogP contribution in [-0.2, 0) is 6.54 Å². The van der Waals surface area contributed by atoms with E-state index in [1.165, 1.54) is 17.2 Å². The van der Waals surface area contributed by atoms with E-state index in [1.807, 2.05) is 25.1 Å². The normalized spacial score (nSPS) is 10.9. The van der Waals surface area contributed by atoms with E-state index in [-0.39, 0.29) is 5.82 Å². The molecule has 4 aromatic rings. The second-order valence-corrected chi connectivity index (χ2v) is 7.20. The number of imidazole rings is 1. The maximum atomic E-state index is 13.9. The zero-order chi connectivity index (χ0) is 20.4. The van der Waals surface area contributed by atoms with Crippen LogP contribution >= 0.6 is 0 Å². The lowest BCUT2D eigenvalue weighted by molar-refractivity contribution is 0.630. The topological polar surface area (TPSA) is 53.6 Å². The molecule has 0 aliphatic carbocycles. The number of nitrogens with one attached hydrogen (secondary N) is 2. The lowest BCUT2D eigenvalue weighted by atomic mass is 10.0. The Kier molecular flexibility index (Phi) is 5.12. The average molecular weight is 386 g/mol. The molecule has 2 aromatic heterocycles. The Labute approximate surface area is 169 Å². The van der Waals surface area contributed by atoms with Crippen molar-refractivity contribution in [2.24, 2.45) is 0 Å². The largest absolute Gasteiger partial charge is 0.375 e. The number of halogens is 1. The molecule has 0 spiro atoms. The summed E-state index contributed by atoms with van der Waals surface area (Å²) in [6, 6.07) is 18.9. The molecule has 5 heteroatoms. The van der Waals surface area contributed by atoms with Gasteiger partial charge in [0, 0.05) is 11.3 Å². The number of aromatic nitrogens is 3. The summed E-state index contributed by atoms with van der Waals surface area (Å²) in [5.74, 6) is 0.439. The van der Waals surface area contributed by atoms with Gasteiger partial charge in [-0.15, -0.1) is 0 Å². The summed E-state index contributed by atoms with van der Waals surface area (Å²) >= 11 is 0. The monoisotopic (exact) mass is 386 g/mol. The second-order valence-electron chi connectivity index (χ2n) is 7.20. The molecule has 0 atom stereocenters. The lowest BCUT2D eigenvalue weighted by Gasteiger charge is -2.06. The van der Waals surface area contributed by atoms with Gasteiger partial charge in [-0.05, 0) is 62.2 Å². The van der Waals surface area contributed by atoms with Gasteiger partial charge in [0.25, 0.3) is 0 Å². The van der Waals surface area contributed by atoms with Crippen molar-refractivity contribution in [3.05, 3.63) is 89.1 Å². The van der Waals surface area contributed by atoms with Crippen LogP contribution in [0.4, 0.5) is 10.1 Å². The zero-order valence-electron chi connectivity index (χ0n) is 16.8. The summed E-state index contributed by atoms with van der Waals surface area (Å²) in [7, 11) is 0. The zero-order valence-corrected chi connectivity index (χ0v) is 16.8. The van der Waals surface area contributed by atoms with Crippen LogP contribution in [0.5, 0.6) is 0 Å².